The molecule has 0 saturated carbocycles. The Bertz CT molecular complexity index is 582. The predicted molar refractivity (Wildman–Crippen MR) is 71.9 cm³/mol. The van der Waals surface area contributed by atoms with Crippen LogP contribution >= 0.6 is 11.6 Å². The third-order valence-corrected chi connectivity index (χ3v) is 3.37. The summed E-state index contributed by atoms with van der Waals surface area (Å²) in [7, 11) is 0. The number of ketones is 1. The molecule has 90 valence electrons. The Morgan fingerprint density at radius 1 is 1.06 bits per heavy atom. The minimum absolute atomic E-state index is 0.0939. The molecule has 0 aromatic heterocycles. The Hall–Kier alpha value is -1.64. The summed E-state index contributed by atoms with van der Waals surface area (Å²) >= 11 is 5.95. The highest BCUT2D eigenvalue weighted by Crippen LogP contribution is 2.33. The Morgan fingerprint density at radius 2 is 1.83 bits per heavy atom. The quantitative estimate of drug-likeness (QED) is 0.677. The lowest BCUT2D eigenvalue weighted by Gasteiger charge is -1.99. The summed E-state index contributed by atoms with van der Waals surface area (Å²) in [6.45, 7) is 0. The maximum Gasteiger partial charge on any atom is 0.181 e. The summed E-state index contributed by atoms with van der Waals surface area (Å²) in [5.41, 5.74) is 1.82. The molecule has 0 bridgehead atoms. The number of carbonyl (C=O) groups excluding carboxylic acids is 1. The summed E-state index contributed by atoms with van der Waals surface area (Å²) in [5.74, 6) is 0.139. The fourth-order valence-electron chi connectivity index (χ4n) is 2.14. The van der Waals surface area contributed by atoms with Gasteiger partial charge in [0.25, 0.3) is 0 Å². The molecule has 0 spiro atoms. The predicted octanol–water partition coefficient (Wildman–Crippen LogP) is 3.24. The minimum atomic E-state index is -0.120. The van der Waals surface area contributed by atoms with E-state index in [2.05, 4.69) is 5.32 Å². The van der Waals surface area contributed by atoms with Crippen molar-refractivity contribution in [2.45, 2.75) is 12.1 Å². The average Bonchev–Trinajstić information content (AvgIpc) is 3.19. The van der Waals surface area contributed by atoms with Gasteiger partial charge in [0, 0.05) is 10.6 Å². The molecule has 1 N–H and O–H groups in total. The van der Waals surface area contributed by atoms with Crippen LogP contribution in [-0.2, 0) is 0 Å². The van der Waals surface area contributed by atoms with E-state index in [0.717, 1.165) is 11.1 Å². The number of benzene rings is 2. The molecule has 2 aromatic rings. The van der Waals surface area contributed by atoms with E-state index in [-0.39, 0.29) is 17.9 Å². The molecule has 3 rings (SSSR count). The third-order valence-electron chi connectivity index (χ3n) is 3.13. The average molecular weight is 258 g/mol. The lowest BCUT2D eigenvalue weighted by Crippen LogP contribution is -2.09. The van der Waals surface area contributed by atoms with Crippen molar-refractivity contribution in [1.82, 2.24) is 5.32 Å². The van der Waals surface area contributed by atoms with Crippen LogP contribution in [-0.4, -0.2) is 11.8 Å². The maximum atomic E-state index is 12.2. The van der Waals surface area contributed by atoms with Crippen molar-refractivity contribution in [2.24, 2.45) is 0 Å². The number of hydrogen-bond donors (Lipinski definition) is 1. The monoisotopic (exact) mass is 257 g/mol. The van der Waals surface area contributed by atoms with Crippen molar-refractivity contribution in [2.75, 3.05) is 0 Å². The largest absolute Gasteiger partial charge is 0.297 e. The van der Waals surface area contributed by atoms with E-state index >= 15 is 0 Å². The van der Waals surface area contributed by atoms with E-state index in [1.807, 2.05) is 54.6 Å². The van der Waals surface area contributed by atoms with Gasteiger partial charge < -0.3 is 0 Å². The van der Waals surface area contributed by atoms with Crippen molar-refractivity contribution >= 4 is 17.4 Å². The fourth-order valence-corrected chi connectivity index (χ4v) is 2.33. The lowest BCUT2D eigenvalue weighted by molar-refractivity contribution is 0.0988. The zero-order valence-corrected chi connectivity index (χ0v) is 10.4. The molecule has 0 unspecified atom stereocenters. The van der Waals surface area contributed by atoms with E-state index in [0.29, 0.717) is 5.02 Å². The summed E-state index contributed by atoms with van der Waals surface area (Å²) in [6, 6.07) is 17.0. The van der Waals surface area contributed by atoms with Gasteiger partial charge >= 0.3 is 0 Å². The van der Waals surface area contributed by atoms with E-state index in [4.69, 9.17) is 11.6 Å². The highest BCUT2D eigenvalue weighted by atomic mass is 35.5. The van der Waals surface area contributed by atoms with Crippen molar-refractivity contribution in [3.05, 3.63) is 70.7 Å². The van der Waals surface area contributed by atoms with Gasteiger partial charge in [-0.2, -0.15) is 0 Å². The molecule has 3 heteroatoms. The van der Waals surface area contributed by atoms with Gasteiger partial charge in [-0.15, -0.1) is 0 Å². The van der Waals surface area contributed by atoms with Crippen LogP contribution in [0.2, 0.25) is 5.02 Å². The van der Waals surface area contributed by atoms with Gasteiger partial charge in [0.1, 0.15) is 0 Å². The molecule has 1 aliphatic heterocycles. The number of hydrogen-bond acceptors (Lipinski definition) is 2. The van der Waals surface area contributed by atoms with E-state index in [1.54, 1.807) is 0 Å². The first-order valence-corrected chi connectivity index (χ1v) is 6.24. The summed E-state index contributed by atoms with van der Waals surface area (Å²) < 4.78 is 0. The summed E-state index contributed by atoms with van der Waals surface area (Å²) in [4.78, 5) is 12.2. The van der Waals surface area contributed by atoms with E-state index in [1.165, 1.54) is 0 Å². The molecule has 2 atom stereocenters. The molecule has 2 nitrogen and oxygen atoms in total. The van der Waals surface area contributed by atoms with E-state index < -0.39 is 0 Å². The van der Waals surface area contributed by atoms with Crippen molar-refractivity contribution in [3.8, 4) is 0 Å². The number of rotatable bonds is 3. The van der Waals surface area contributed by atoms with Crippen molar-refractivity contribution in [3.63, 3.8) is 0 Å². The zero-order valence-electron chi connectivity index (χ0n) is 9.64. The molecule has 1 fully saturated rings. The second-order valence-corrected chi connectivity index (χ2v) is 4.84. The number of nitrogens with one attached hydrogen (secondary N) is 1. The van der Waals surface area contributed by atoms with E-state index in [9.17, 15) is 4.79 Å². The third kappa shape index (κ3) is 2.17. The lowest BCUT2D eigenvalue weighted by atomic mass is 10.0. The molecule has 1 aliphatic rings. The smallest absolute Gasteiger partial charge is 0.181 e. The van der Waals surface area contributed by atoms with Gasteiger partial charge in [-0.25, -0.2) is 0 Å². The van der Waals surface area contributed by atoms with Crippen LogP contribution in [0.5, 0.6) is 0 Å². The van der Waals surface area contributed by atoms with Crippen LogP contribution < -0.4 is 5.32 Å². The van der Waals surface area contributed by atoms with Gasteiger partial charge in [0.2, 0.25) is 0 Å². The second kappa shape index (κ2) is 4.56. The fraction of sp³-hybridized carbons (Fsp3) is 0.133. The highest BCUT2D eigenvalue weighted by molar-refractivity contribution is 6.30. The molecular formula is C15H12ClNO. The van der Waals surface area contributed by atoms with Gasteiger partial charge in [-0.1, -0.05) is 54.1 Å². The van der Waals surface area contributed by atoms with Crippen LogP contribution in [0.1, 0.15) is 22.0 Å². The van der Waals surface area contributed by atoms with Crippen molar-refractivity contribution in [1.29, 1.82) is 0 Å². The Labute approximate surface area is 111 Å². The highest BCUT2D eigenvalue weighted by Gasteiger charge is 2.43. The second-order valence-electron chi connectivity index (χ2n) is 4.41. The minimum Gasteiger partial charge on any atom is -0.297 e. The molecule has 0 aliphatic carbocycles. The van der Waals surface area contributed by atoms with Crippen molar-refractivity contribution < 1.29 is 4.79 Å². The maximum absolute atomic E-state index is 12.2. The van der Waals surface area contributed by atoms with Crippen LogP contribution in [0.15, 0.2) is 54.6 Å². The van der Waals surface area contributed by atoms with Crippen LogP contribution in [0.3, 0.4) is 0 Å². The zero-order chi connectivity index (χ0) is 12.5. The van der Waals surface area contributed by atoms with Gasteiger partial charge in [-0.05, 0) is 17.7 Å². The first-order valence-electron chi connectivity index (χ1n) is 5.86. The van der Waals surface area contributed by atoms with Gasteiger partial charge in [0.05, 0.1) is 12.1 Å². The molecule has 2 aromatic carbocycles. The topological polar surface area (TPSA) is 39.0 Å². The SMILES string of the molecule is O=C(c1ccccc1)[C@@H]1N[C@H]1c1cccc(Cl)c1. The first-order chi connectivity index (χ1) is 8.75. The van der Waals surface area contributed by atoms with Crippen LogP contribution in [0, 0.1) is 0 Å². The molecule has 1 saturated heterocycles. The normalized spacial score (nSPS) is 21.6. The summed E-state index contributed by atoms with van der Waals surface area (Å²) in [6.07, 6.45) is 0. The first kappa shape index (κ1) is 11.5. The van der Waals surface area contributed by atoms with Crippen LogP contribution in [0.25, 0.3) is 0 Å². The van der Waals surface area contributed by atoms with Crippen LogP contribution in [0.4, 0.5) is 0 Å². The van der Waals surface area contributed by atoms with Gasteiger partial charge in [0.15, 0.2) is 5.78 Å². The standard InChI is InChI=1S/C15H12ClNO/c16-12-8-4-7-11(9-12)13-14(17-13)15(18)10-5-2-1-3-6-10/h1-9,13-14,17H/t13-,14+/m0/s1. The number of carbonyl (C=O) groups is 1. The Kier molecular flexibility index (Phi) is 2.90. The molecule has 0 radical (unpaired) electrons. The number of halogens is 1. The molecule has 18 heavy (non-hydrogen) atoms. The molecule has 0 amide bonds. The molecular weight excluding hydrogens is 246 g/mol. The summed E-state index contributed by atoms with van der Waals surface area (Å²) in [5, 5.41) is 3.90. The number of Topliss-reactive ketones (excluding diaryl/α,β-unsaturated/α-hetero) is 1. The Morgan fingerprint density at radius 3 is 2.56 bits per heavy atom. The van der Waals surface area contributed by atoms with Gasteiger partial charge in [-0.3, -0.25) is 10.1 Å². The Balaban J connectivity index is 1.77. The molecule has 1 heterocycles.